The number of carbonyl (C=O) groups excluding carboxylic acids is 1. The van der Waals surface area contributed by atoms with E-state index < -0.39 is 10.8 Å². The minimum Gasteiger partial charge on any atom is -0.334 e. The minimum atomic E-state index is -1.04. The number of rotatable bonds is 5. The summed E-state index contributed by atoms with van der Waals surface area (Å²) in [6.07, 6.45) is 6.28. The number of amides is 2. The monoisotopic (exact) mass is 340 g/mol. The van der Waals surface area contributed by atoms with Crippen molar-refractivity contribution < 1.29 is 9.00 Å². The standard InChI is InChI=1S/C16H24N2O2S2/c1-3-21-15-10-5-4-9-14(15)18-16(19)17-12-7-6-8-13(11-12)22(2)20/h6-8,11,14-15H,3-5,9-10H2,1-2H3,(H2,17,18,19)/t14-,15+,22-/m0/s1. The lowest BCUT2D eigenvalue weighted by atomic mass is 9.95. The predicted octanol–water partition coefficient (Wildman–Crippen LogP) is 3.61. The lowest BCUT2D eigenvalue weighted by Crippen LogP contribution is -2.45. The molecule has 0 bridgehead atoms. The van der Waals surface area contributed by atoms with Gasteiger partial charge in [-0.25, -0.2) is 4.79 Å². The topological polar surface area (TPSA) is 58.2 Å². The van der Waals surface area contributed by atoms with Gasteiger partial charge in [0, 0.05) is 38.9 Å². The molecule has 0 radical (unpaired) electrons. The van der Waals surface area contributed by atoms with Crippen molar-refractivity contribution in [2.75, 3.05) is 17.3 Å². The van der Waals surface area contributed by atoms with Crippen molar-refractivity contribution >= 4 is 34.3 Å². The van der Waals surface area contributed by atoms with Crippen LogP contribution in [0.5, 0.6) is 0 Å². The molecule has 2 amide bonds. The fourth-order valence-electron chi connectivity index (χ4n) is 2.76. The Morgan fingerprint density at radius 1 is 1.36 bits per heavy atom. The number of nitrogens with one attached hydrogen (secondary N) is 2. The van der Waals surface area contributed by atoms with Gasteiger partial charge in [-0.15, -0.1) is 0 Å². The molecule has 4 nitrogen and oxygen atoms in total. The zero-order chi connectivity index (χ0) is 15.9. The maximum absolute atomic E-state index is 12.2. The molecule has 1 aliphatic rings. The zero-order valence-electron chi connectivity index (χ0n) is 13.1. The molecule has 0 saturated heterocycles. The SMILES string of the molecule is CCS[C@@H]1CCCC[C@@H]1NC(=O)Nc1cccc([S@](C)=O)c1. The molecule has 1 aliphatic carbocycles. The van der Waals surface area contributed by atoms with E-state index in [1.807, 2.05) is 23.9 Å². The summed E-state index contributed by atoms with van der Waals surface area (Å²) in [5.74, 6) is 1.08. The third kappa shape index (κ3) is 5.02. The van der Waals surface area contributed by atoms with Crippen LogP contribution in [0.2, 0.25) is 0 Å². The maximum atomic E-state index is 12.2. The number of benzene rings is 1. The molecule has 1 fully saturated rings. The van der Waals surface area contributed by atoms with Gasteiger partial charge >= 0.3 is 6.03 Å². The van der Waals surface area contributed by atoms with Gasteiger partial charge in [-0.2, -0.15) is 11.8 Å². The molecule has 122 valence electrons. The second-order valence-electron chi connectivity index (χ2n) is 5.47. The molecule has 2 rings (SSSR count). The predicted molar refractivity (Wildman–Crippen MR) is 95.1 cm³/mol. The Bertz CT molecular complexity index is 535. The molecule has 1 aromatic carbocycles. The Kier molecular flexibility index (Phi) is 6.76. The molecule has 6 heteroatoms. The van der Waals surface area contributed by atoms with Crippen molar-refractivity contribution in [3.05, 3.63) is 24.3 Å². The van der Waals surface area contributed by atoms with Crippen molar-refractivity contribution in [3.8, 4) is 0 Å². The second kappa shape index (κ2) is 8.58. The zero-order valence-corrected chi connectivity index (χ0v) is 14.8. The van der Waals surface area contributed by atoms with Crippen molar-refractivity contribution in [1.29, 1.82) is 0 Å². The van der Waals surface area contributed by atoms with E-state index in [1.165, 1.54) is 19.3 Å². The largest absolute Gasteiger partial charge is 0.334 e. The first-order valence-corrected chi connectivity index (χ1v) is 10.3. The van der Waals surface area contributed by atoms with Crippen LogP contribution in [0.4, 0.5) is 10.5 Å². The van der Waals surface area contributed by atoms with Gasteiger partial charge in [-0.05, 0) is 36.8 Å². The van der Waals surface area contributed by atoms with Crippen LogP contribution in [-0.2, 0) is 10.8 Å². The molecule has 0 spiro atoms. The van der Waals surface area contributed by atoms with E-state index in [9.17, 15) is 9.00 Å². The smallest absolute Gasteiger partial charge is 0.319 e. The lowest BCUT2D eigenvalue weighted by Gasteiger charge is -2.31. The Morgan fingerprint density at radius 3 is 2.86 bits per heavy atom. The molecule has 2 N–H and O–H groups in total. The van der Waals surface area contributed by atoms with Gasteiger partial charge in [0.15, 0.2) is 0 Å². The number of hydrogen-bond donors (Lipinski definition) is 2. The van der Waals surface area contributed by atoms with Gasteiger partial charge in [0.25, 0.3) is 0 Å². The second-order valence-corrected chi connectivity index (χ2v) is 8.36. The molecule has 0 heterocycles. The van der Waals surface area contributed by atoms with Crippen LogP contribution in [0.25, 0.3) is 0 Å². The summed E-state index contributed by atoms with van der Waals surface area (Å²) in [7, 11) is -1.04. The summed E-state index contributed by atoms with van der Waals surface area (Å²) in [5.41, 5.74) is 0.681. The summed E-state index contributed by atoms with van der Waals surface area (Å²) in [5, 5.41) is 6.47. The molecule has 0 unspecified atom stereocenters. The van der Waals surface area contributed by atoms with Crippen LogP contribution < -0.4 is 10.6 Å². The fraction of sp³-hybridized carbons (Fsp3) is 0.562. The highest BCUT2D eigenvalue weighted by molar-refractivity contribution is 7.99. The van der Waals surface area contributed by atoms with Crippen LogP contribution in [0.15, 0.2) is 29.2 Å². The van der Waals surface area contributed by atoms with Gasteiger partial charge in [0.05, 0.1) is 0 Å². The van der Waals surface area contributed by atoms with E-state index in [0.29, 0.717) is 10.9 Å². The molecular weight excluding hydrogens is 316 g/mol. The third-order valence-corrected chi connectivity index (χ3v) is 6.07. The summed E-state index contributed by atoms with van der Waals surface area (Å²) < 4.78 is 11.5. The Hall–Kier alpha value is -1.01. The van der Waals surface area contributed by atoms with Crippen LogP contribution in [-0.4, -0.2) is 33.5 Å². The van der Waals surface area contributed by atoms with Gasteiger partial charge < -0.3 is 10.6 Å². The maximum Gasteiger partial charge on any atom is 0.319 e. The Labute approximate surface area is 139 Å². The van der Waals surface area contributed by atoms with Crippen molar-refractivity contribution in [1.82, 2.24) is 5.32 Å². The van der Waals surface area contributed by atoms with Crippen LogP contribution in [0, 0.1) is 0 Å². The van der Waals surface area contributed by atoms with E-state index >= 15 is 0 Å². The highest BCUT2D eigenvalue weighted by Gasteiger charge is 2.26. The molecule has 1 aromatic rings. The van der Waals surface area contributed by atoms with E-state index in [1.54, 1.807) is 18.4 Å². The van der Waals surface area contributed by atoms with Crippen LogP contribution >= 0.6 is 11.8 Å². The van der Waals surface area contributed by atoms with E-state index in [4.69, 9.17) is 0 Å². The molecular formula is C16H24N2O2S2. The first-order valence-electron chi connectivity index (χ1n) is 7.72. The first-order chi connectivity index (χ1) is 10.6. The summed E-state index contributed by atoms with van der Waals surface area (Å²) in [4.78, 5) is 12.9. The Morgan fingerprint density at radius 2 is 2.14 bits per heavy atom. The fourth-order valence-corrected chi connectivity index (χ4v) is 4.52. The molecule has 0 aliphatic heterocycles. The number of urea groups is 1. The van der Waals surface area contributed by atoms with Crippen molar-refractivity contribution in [3.63, 3.8) is 0 Å². The minimum absolute atomic E-state index is 0.173. The van der Waals surface area contributed by atoms with E-state index in [0.717, 1.165) is 17.1 Å². The summed E-state index contributed by atoms with van der Waals surface area (Å²) in [6, 6.07) is 7.25. The van der Waals surface area contributed by atoms with Crippen molar-refractivity contribution in [2.24, 2.45) is 0 Å². The molecule has 1 saturated carbocycles. The molecule has 0 aromatic heterocycles. The van der Waals surface area contributed by atoms with Gasteiger partial charge in [0.1, 0.15) is 0 Å². The average Bonchev–Trinajstić information content (AvgIpc) is 2.49. The Balaban J connectivity index is 1.94. The van der Waals surface area contributed by atoms with Gasteiger partial charge in [-0.1, -0.05) is 25.8 Å². The first kappa shape index (κ1) is 17.3. The number of anilines is 1. The average molecular weight is 341 g/mol. The third-order valence-electron chi connectivity index (χ3n) is 3.82. The summed E-state index contributed by atoms with van der Waals surface area (Å²) >= 11 is 1.93. The van der Waals surface area contributed by atoms with Gasteiger partial charge in [0.2, 0.25) is 0 Å². The van der Waals surface area contributed by atoms with Crippen LogP contribution in [0.3, 0.4) is 0 Å². The van der Waals surface area contributed by atoms with E-state index in [-0.39, 0.29) is 12.1 Å². The highest BCUT2D eigenvalue weighted by Crippen LogP contribution is 2.28. The van der Waals surface area contributed by atoms with E-state index in [2.05, 4.69) is 17.6 Å². The van der Waals surface area contributed by atoms with Crippen LogP contribution in [0.1, 0.15) is 32.6 Å². The lowest BCUT2D eigenvalue weighted by molar-refractivity contribution is 0.245. The molecule has 3 atom stereocenters. The van der Waals surface area contributed by atoms with Gasteiger partial charge in [-0.3, -0.25) is 4.21 Å². The normalized spacial score (nSPS) is 22.8. The summed E-state index contributed by atoms with van der Waals surface area (Å²) in [6.45, 7) is 2.16. The number of thioether (sulfide) groups is 1. The number of carbonyl (C=O) groups is 1. The van der Waals surface area contributed by atoms with Crippen molar-refractivity contribution in [2.45, 2.75) is 48.8 Å². The quantitative estimate of drug-likeness (QED) is 0.861. The molecule has 22 heavy (non-hydrogen) atoms. The number of hydrogen-bond acceptors (Lipinski definition) is 3. The highest BCUT2D eigenvalue weighted by atomic mass is 32.2.